The standard InChI is InChI=1S/C10H15NO4S/c12-9(7-11-2-5-16-6-3-11)15-8-1-4-14-10(8)13/h8H,1-7H2. The van der Waals surface area contributed by atoms with Gasteiger partial charge < -0.3 is 9.47 Å². The fraction of sp³-hybridized carbons (Fsp3) is 0.800. The minimum atomic E-state index is -0.674. The SMILES string of the molecule is O=C(CN1CCSCC1)OC1CCOC1=O. The molecular weight excluding hydrogens is 230 g/mol. The largest absolute Gasteiger partial charge is 0.463 e. The van der Waals surface area contributed by atoms with Crippen molar-refractivity contribution < 1.29 is 19.1 Å². The Kier molecular flexibility index (Phi) is 4.06. The Hall–Kier alpha value is -0.750. The van der Waals surface area contributed by atoms with E-state index in [4.69, 9.17) is 9.47 Å². The number of nitrogens with zero attached hydrogens (tertiary/aromatic N) is 1. The molecule has 2 aliphatic rings. The van der Waals surface area contributed by atoms with Gasteiger partial charge in [0.1, 0.15) is 0 Å². The fourth-order valence-electron chi connectivity index (χ4n) is 1.72. The molecule has 2 saturated heterocycles. The molecule has 2 fully saturated rings. The highest BCUT2D eigenvalue weighted by Gasteiger charge is 2.30. The second-order valence-electron chi connectivity index (χ2n) is 3.82. The van der Waals surface area contributed by atoms with Crippen LogP contribution in [0.5, 0.6) is 0 Å². The molecule has 1 unspecified atom stereocenters. The predicted molar refractivity (Wildman–Crippen MR) is 59.2 cm³/mol. The van der Waals surface area contributed by atoms with Crippen LogP contribution in [0.15, 0.2) is 0 Å². The number of rotatable bonds is 3. The van der Waals surface area contributed by atoms with E-state index in [1.165, 1.54) is 0 Å². The molecule has 0 aromatic rings. The van der Waals surface area contributed by atoms with Gasteiger partial charge in [0, 0.05) is 31.0 Å². The van der Waals surface area contributed by atoms with Crippen LogP contribution in [0.3, 0.4) is 0 Å². The van der Waals surface area contributed by atoms with Crippen molar-refractivity contribution in [2.24, 2.45) is 0 Å². The molecule has 0 saturated carbocycles. The third-order valence-corrected chi connectivity index (χ3v) is 3.56. The van der Waals surface area contributed by atoms with Gasteiger partial charge in [-0.1, -0.05) is 0 Å². The number of thioether (sulfide) groups is 1. The number of esters is 2. The van der Waals surface area contributed by atoms with Gasteiger partial charge in [0.2, 0.25) is 6.10 Å². The van der Waals surface area contributed by atoms with Gasteiger partial charge in [-0.3, -0.25) is 9.69 Å². The number of hydrogen-bond acceptors (Lipinski definition) is 6. The van der Waals surface area contributed by atoms with E-state index < -0.39 is 12.1 Å². The lowest BCUT2D eigenvalue weighted by atomic mass is 10.3. The third kappa shape index (κ3) is 3.12. The van der Waals surface area contributed by atoms with Crippen molar-refractivity contribution >= 4 is 23.7 Å². The molecule has 0 amide bonds. The average Bonchev–Trinajstić information content (AvgIpc) is 2.66. The molecule has 1 atom stereocenters. The molecule has 2 rings (SSSR count). The molecule has 0 N–H and O–H groups in total. The Bertz CT molecular complexity index is 278. The molecule has 6 heteroatoms. The van der Waals surface area contributed by atoms with Crippen molar-refractivity contribution in [1.29, 1.82) is 0 Å². The van der Waals surface area contributed by atoms with Crippen molar-refractivity contribution in [3.8, 4) is 0 Å². The van der Waals surface area contributed by atoms with E-state index in [9.17, 15) is 9.59 Å². The lowest BCUT2D eigenvalue weighted by Gasteiger charge is -2.25. The number of hydrogen-bond donors (Lipinski definition) is 0. The zero-order valence-electron chi connectivity index (χ0n) is 9.02. The summed E-state index contributed by atoms with van der Waals surface area (Å²) in [6.45, 7) is 2.46. The summed E-state index contributed by atoms with van der Waals surface area (Å²) in [6, 6.07) is 0. The average molecular weight is 245 g/mol. The Morgan fingerprint density at radius 3 is 2.88 bits per heavy atom. The van der Waals surface area contributed by atoms with Crippen molar-refractivity contribution in [2.75, 3.05) is 37.7 Å². The molecule has 0 aliphatic carbocycles. The van der Waals surface area contributed by atoms with Crippen molar-refractivity contribution in [3.05, 3.63) is 0 Å². The summed E-state index contributed by atoms with van der Waals surface area (Å²) in [7, 11) is 0. The van der Waals surface area contributed by atoms with Gasteiger partial charge >= 0.3 is 11.9 Å². The molecule has 2 aliphatic heterocycles. The van der Waals surface area contributed by atoms with Crippen LogP contribution in [0.2, 0.25) is 0 Å². The summed E-state index contributed by atoms with van der Waals surface area (Å²) in [4.78, 5) is 24.7. The van der Waals surface area contributed by atoms with E-state index in [1.807, 2.05) is 11.8 Å². The van der Waals surface area contributed by atoms with E-state index >= 15 is 0 Å². The fourth-order valence-corrected chi connectivity index (χ4v) is 2.70. The van der Waals surface area contributed by atoms with Crippen molar-refractivity contribution in [3.63, 3.8) is 0 Å². The van der Waals surface area contributed by atoms with Crippen LogP contribution in [-0.4, -0.2) is 60.7 Å². The second kappa shape index (κ2) is 5.54. The van der Waals surface area contributed by atoms with Crippen molar-refractivity contribution in [1.82, 2.24) is 4.90 Å². The number of ether oxygens (including phenoxy) is 2. The molecule has 0 aromatic heterocycles. The number of cyclic esters (lactones) is 1. The summed E-state index contributed by atoms with van der Waals surface area (Å²) in [5, 5.41) is 0. The summed E-state index contributed by atoms with van der Waals surface area (Å²) in [5.74, 6) is 1.37. The Labute approximate surface area is 98.4 Å². The Morgan fingerprint density at radius 2 is 2.25 bits per heavy atom. The molecule has 90 valence electrons. The molecule has 0 aromatic carbocycles. The molecule has 5 nitrogen and oxygen atoms in total. The Balaban J connectivity index is 1.72. The maximum atomic E-state index is 11.5. The van der Waals surface area contributed by atoms with Gasteiger partial charge in [0.15, 0.2) is 0 Å². The monoisotopic (exact) mass is 245 g/mol. The number of carbonyl (C=O) groups is 2. The highest BCUT2D eigenvalue weighted by molar-refractivity contribution is 7.99. The van der Waals surface area contributed by atoms with Crippen LogP contribution in [0.1, 0.15) is 6.42 Å². The predicted octanol–water partition coefficient (Wildman–Crippen LogP) is -0.106. The van der Waals surface area contributed by atoms with E-state index in [1.54, 1.807) is 0 Å². The molecule has 0 bridgehead atoms. The number of carbonyl (C=O) groups excluding carboxylic acids is 2. The van der Waals surface area contributed by atoms with Crippen LogP contribution in [0.4, 0.5) is 0 Å². The van der Waals surface area contributed by atoms with Crippen LogP contribution >= 0.6 is 11.8 Å². The summed E-state index contributed by atoms with van der Waals surface area (Å²) >= 11 is 1.89. The lowest BCUT2D eigenvalue weighted by Crippen LogP contribution is -2.38. The smallest absolute Gasteiger partial charge is 0.347 e. The second-order valence-corrected chi connectivity index (χ2v) is 5.05. The van der Waals surface area contributed by atoms with Gasteiger partial charge in [-0.25, -0.2) is 4.79 Å². The summed E-state index contributed by atoms with van der Waals surface area (Å²) < 4.78 is 9.79. The quantitative estimate of drug-likeness (QED) is 0.647. The van der Waals surface area contributed by atoms with E-state index in [-0.39, 0.29) is 12.5 Å². The highest BCUT2D eigenvalue weighted by Crippen LogP contribution is 2.12. The van der Waals surface area contributed by atoms with E-state index in [0.29, 0.717) is 13.0 Å². The molecule has 2 heterocycles. The zero-order chi connectivity index (χ0) is 11.4. The maximum absolute atomic E-state index is 11.5. The first kappa shape index (κ1) is 11.7. The van der Waals surface area contributed by atoms with Crippen molar-refractivity contribution in [2.45, 2.75) is 12.5 Å². The van der Waals surface area contributed by atoms with Crippen LogP contribution in [0, 0.1) is 0 Å². The lowest BCUT2D eigenvalue weighted by molar-refractivity contribution is -0.160. The third-order valence-electron chi connectivity index (χ3n) is 2.62. The van der Waals surface area contributed by atoms with Gasteiger partial charge in [-0.2, -0.15) is 11.8 Å². The summed E-state index contributed by atoms with van der Waals surface area (Å²) in [5.41, 5.74) is 0. The maximum Gasteiger partial charge on any atom is 0.347 e. The van der Waals surface area contributed by atoms with Gasteiger partial charge in [0.25, 0.3) is 0 Å². The van der Waals surface area contributed by atoms with Crippen LogP contribution < -0.4 is 0 Å². The molecule has 16 heavy (non-hydrogen) atoms. The van der Waals surface area contributed by atoms with Gasteiger partial charge in [-0.05, 0) is 0 Å². The van der Waals surface area contributed by atoms with Gasteiger partial charge in [-0.15, -0.1) is 0 Å². The molecule has 0 radical (unpaired) electrons. The first-order valence-corrected chi connectivity index (χ1v) is 6.57. The van der Waals surface area contributed by atoms with E-state index in [0.717, 1.165) is 24.6 Å². The zero-order valence-corrected chi connectivity index (χ0v) is 9.83. The first-order valence-electron chi connectivity index (χ1n) is 5.42. The molecular formula is C10H15NO4S. The minimum absolute atomic E-state index is 0.282. The van der Waals surface area contributed by atoms with Crippen LogP contribution in [-0.2, 0) is 19.1 Å². The first-order chi connectivity index (χ1) is 7.75. The normalized spacial score (nSPS) is 26.5. The molecule has 0 spiro atoms. The topological polar surface area (TPSA) is 55.8 Å². The summed E-state index contributed by atoms with van der Waals surface area (Å²) in [6.07, 6.45) is -0.188. The van der Waals surface area contributed by atoms with E-state index in [2.05, 4.69) is 4.90 Å². The minimum Gasteiger partial charge on any atom is -0.463 e. The Morgan fingerprint density at radius 1 is 1.50 bits per heavy atom. The van der Waals surface area contributed by atoms with Crippen LogP contribution in [0.25, 0.3) is 0 Å². The highest BCUT2D eigenvalue weighted by atomic mass is 32.2. The van der Waals surface area contributed by atoms with Gasteiger partial charge in [0.05, 0.1) is 13.2 Å².